The van der Waals surface area contributed by atoms with E-state index in [0.717, 1.165) is 43.1 Å². The first-order valence-electron chi connectivity index (χ1n) is 6.49. The van der Waals surface area contributed by atoms with Gasteiger partial charge in [0.15, 0.2) is 4.96 Å². The molecule has 2 aromatic heterocycles. The molecule has 1 atom stereocenters. The van der Waals surface area contributed by atoms with Crippen molar-refractivity contribution >= 4 is 16.3 Å². The molecular weight excluding hydrogens is 246 g/mol. The zero-order chi connectivity index (χ0) is 12.8. The highest BCUT2D eigenvalue weighted by molar-refractivity contribution is 7.15. The van der Waals surface area contributed by atoms with Crippen molar-refractivity contribution in [1.29, 1.82) is 0 Å². The fraction of sp³-hybridized carbons (Fsp3) is 0.615. The largest absolute Gasteiger partial charge is 0.381 e. The van der Waals surface area contributed by atoms with E-state index in [1.165, 1.54) is 0 Å². The van der Waals surface area contributed by atoms with E-state index in [4.69, 9.17) is 4.74 Å². The van der Waals surface area contributed by atoms with Crippen LogP contribution in [0.15, 0.2) is 17.8 Å². The minimum Gasteiger partial charge on any atom is -0.381 e. The zero-order valence-corrected chi connectivity index (χ0v) is 11.9. The van der Waals surface area contributed by atoms with Gasteiger partial charge >= 0.3 is 0 Å². The first-order valence-corrected chi connectivity index (χ1v) is 7.37. The van der Waals surface area contributed by atoms with Gasteiger partial charge in [0.1, 0.15) is 0 Å². The zero-order valence-electron chi connectivity index (χ0n) is 11.1. The van der Waals surface area contributed by atoms with Crippen LogP contribution in [-0.2, 0) is 11.2 Å². The number of imidazole rings is 1. The maximum atomic E-state index is 5.53. The van der Waals surface area contributed by atoms with Crippen LogP contribution in [0.2, 0.25) is 0 Å². The van der Waals surface area contributed by atoms with Crippen LogP contribution >= 0.6 is 11.3 Å². The molecule has 4 nitrogen and oxygen atoms in total. The van der Waals surface area contributed by atoms with Crippen LogP contribution in [0.5, 0.6) is 0 Å². The summed E-state index contributed by atoms with van der Waals surface area (Å²) < 4.78 is 7.62. The van der Waals surface area contributed by atoms with Crippen LogP contribution in [0.1, 0.15) is 25.5 Å². The Labute approximate surface area is 112 Å². The van der Waals surface area contributed by atoms with Crippen molar-refractivity contribution in [2.75, 3.05) is 20.3 Å². The maximum Gasteiger partial charge on any atom is 0.193 e. The summed E-state index contributed by atoms with van der Waals surface area (Å²) in [6, 6.07) is 0.437. The van der Waals surface area contributed by atoms with E-state index < -0.39 is 0 Å². The smallest absolute Gasteiger partial charge is 0.193 e. The Morgan fingerprint density at radius 3 is 3.11 bits per heavy atom. The number of thiazole rings is 1. The standard InChI is InChI=1S/C13H21N3OS/c1-3-6-17-7-4-11(14-2)9-12-10-16-5-8-18-13(16)15-12/h5,8,10-11,14H,3-4,6-7,9H2,1-2H3. The van der Waals surface area contributed by atoms with Crippen LogP contribution in [0, 0.1) is 0 Å². The molecule has 0 amide bonds. The first kappa shape index (κ1) is 13.5. The number of rotatable bonds is 8. The van der Waals surface area contributed by atoms with Crippen molar-refractivity contribution in [3.63, 3.8) is 0 Å². The van der Waals surface area contributed by atoms with Gasteiger partial charge in [-0.05, 0) is 19.9 Å². The molecule has 2 rings (SSSR count). The van der Waals surface area contributed by atoms with Gasteiger partial charge in [0.05, 0.1) is 5.69 Å². The van der Waals surface area contributed by atoms with E-state index in [9.17, 15) is 0 Å². The number of fused-ring (bicyclic) bond motifs is 1. The Hall–Kier alpha value is -0.910. The van der Waals surface area contributed by atoms with Crippen LogP contribution < -0.4 is 5.32 Å². The third-order valence-electron chi connectivity index (χ3n) is 2.97. The second-order valence-corrected chi connectivity index (χ2v) is 5.29. The molecule has 0 aliphatic rings. The molecule has 0 bridgehead atoms. The van der Waals surface area contributed by atoms with Crippen molar-refractivity contribution in [3.8, 4) is 0 Å². The summed E-state index contributed by atoms with van der Waals surface area (Å²) in [5.74, 6) is 0. The third-order valence-corrected chi connectivity index (χ3v) is 3.74. The van der Waals surface area contributed by atoms with Crippen molar-refractivity contribution in [2.24, 2.45) is 0 Å². The summed E-state index contributed by atoms with van der Waals surface area (Å²) in [6.07, 6.45) is 7.24. The van der Waals surface area contributed by atoms with Crippen LogP contribution in [0.4, 0.5) is 0 Å². The second-order valence-electron chi connectivity index (χ2n) is 4.42. The molecule has 0 fully saturated rings. The summed E-state index contributed by atoms with van der Waals surface area (Å²) in [4.78, 5) is 5.68. The number of hydrogen-bond donors (Lipinski definition) is 1. The second kappa shape index (κ2) is 6.87. The maximum absolute atomic E-state index is 5.53. The molecule has 1 unspecified atom stereocenters. The average molecular weight is 267 g/mol. The number of likely N-dealkylation sites (N-methyl/N-ethyl adjacent to an activating group) is 1. The summed E-state index contributed by atoms with van der Waals surface area (Å²) in [5, 5.41) is 5.39. The number of nitrogens with zero attached hydrogens (tertiary/aromatic N) is 2. The molecule has 0 radical (unpaired) electrons. The molecule has 1 N–H and O–H groups in total. The van der Waals surface area contributed by atoms with E-state index in [0.29, 0.717) is 6.04 Å². The third kappa shape index (κ3) is 3.54. The molecule has 0 saturated carbocycles. The van der Waals surface area contributed by atoms with E-state index in [-0.39, 0.29) is 0 Å². The lowest BCUT2D eigenvalue weighted by molar-refractivity contribution is 0.125. The summed E-state index contributed by atoms with van der Waals surface area (Å²) >= 11 is 1.67. The number of hydrogen-bond acceptors (Lipinski definition) is 4. The Bertz CT molecular complexity index is 437. The Morgan fingerprint density at radius 1 is 1.50 bits per heavy atom. The van der Waals surface area contributed by atoms with Crippen molar-refractivity contribution in [3.05, 3.63) is 23.5 Å². The summed E-state index contributed by atoms with van der Waals surface area (Å²) in [6.45, 7) is 3.81. The molecule has 0 aromatic carbocycles. The van der Waals surface area contributed by atoms with Crippen molar-refractivity contribution in [1.82, 2.24) is 14.7 Å². The van der Waals surface area contributed by atoms with E-state index >= 15 is 0 Å². The summed E-state index contributed by atoms with van der Waals surface area (Å²) in [7, 11) is 2.00. The van der Waals surface area contributed by atoms with Gasteiger partial charge in [0.25, 0.3) is 0 Å². The lowest BCUT2D eigenvalue weighted by Crippen LogP contribution is -2.29. The minimum atomic E-state index is 0.437. The Morgan fingerprint density at radius 2 is 2.39 bits per heavy atom. The van der Waals surface area contributed by atoms with E-state index in [1.54, 1.807) is 11.3 Å². The molecule has 18 heavy (non-hydrogen) atoms. The summed E-state index contributed by atoms with van der Waals surface area (Å²) in [5.41, 5.74) is 1.15. The molecule has 5 heteroatoms. The van der Waals surface area contributed by atoms with Crippen LogP contribution in [0.3, 0.4) is 0 Å². The van der Waals surface area contributed by atoms with Gasteiger partial charge in [0.2, 0.25) is 0 Å². The van der Waals surface area contributed by atoms with Gasteiger partial charge in [-0.3, -0.25) is 4.40 Å². The molecule has 100 valence electrons. The van der Waals surface area contributed by atoms with Gasteiger partial charge in [-0.1, -0.05) is 6.92 Å². The number of nitrogens with one attached hydrogen (secondary N) is 1. The van der Waals surface area contributed by atoms with Gasteiger partial charge in [-0.25, -0.2) is 4.98 Å². The quantitative estimate of drug-likeness (QED) is 0.746. The SMILES string of the molecule is CCCOCCC(Cc1cn2ccsc2n1)NC. The lowest BCUT2D eigenvalue weighted by Gasteiger charge is -2.14. The fourth-order valence-corrected chi connectivity index (χ4v) is 2.67. The first-order chi connectivity index (χ1) is 8.83. The molecular formula is C13H21N3OS. The predicted octanol–water partition coefficient (Wildman–Crippen LogP) is 2.34. The Balaban J connectivity index is 1.83. The van der Waals surface area contributed by atoms with Crippen molar-refractivity contribution in [2.45, 2.75) is 32.2 Å². The molecule has 0 aliphatic carbocycles. The molecule has 2 aromatic rings. The van der Waals surface area contributed by atoms with Crippen molar-refractivity contribution < 1.29 is 4.74 Å². The van der Waals surface area contributed by atoms with Gasteiger partial charge < -0.3 is 10.1 Å². The average Bonchev–Trinajstić information content (AvgIpc) is 2.93. The molecule has 0 saturated heterocycles. The van der Waals surface area contributed by atoms with Gasteiger partial charge in [-0.15, -0.1) is 11.3 Å². The van der Waals surface area contributed by atoms with Gasteiger partial charge in [0, 0.05) is 43.5 Å². The molecule has 2 heterocycles. The topological polar surface area (TPSA) is 38.6 Å². The van der Waals surface area contributed by atoms with Gasteiger partial charge in [-0.2, -0.15) is 0 Å². The Kier molecular flexibility index (Phi) is 5.16. The van der Waals surface area contributed by atoms with Crippen LogP contribution in [0.25, 0.3) is 4.96 Å². The fourth-order valence-electron chi connectivity index (χ4n) is 1.95. The normalized spacial score (nSPS) is 13.2. The molecule has 0 spiro atoms. The van der Waals surface area contributed by atoms with E-state index in [1.807, 2.05) is 7.05 Å². The number of aromatic nitrogens is 2. The molecule has 0 aliphatic heterocycles. The highest BCUT2D eigenvalue weighted by Gasteiger charge is 2.10. The van der Waals surface area contributed by atoms with Crippen LogP contribution in [-0.4, -0.2) is 35.7 Å². The highest BCUT2D eigenvalue weighted by Crippen LogP contribution is 2.13. The monoisotopic (exact) mass is 267 g/mol. The van der Waals surface area contributed by atoms with E-state index in [2.05, 4.69) is 39.4 Å². The minimum absolute atomic E-state index is 0.437. The lowest BCUT2D eigenvalue weighted by atomic mass is 10.1. The predicted molar refractivity (Wildman–Crippen MR) is 75.3 cm³/mol. The number of ether oxygens (including phenoxy) is 1. The highest BCUT2D eigenvalue weighted by atomic mass is 32.1.